The van der Waals surface area contributed by atoms with E-state index in [1.165, 1.54) is 25.3 Å². The van der Waals surface area contributed by atoms with Crippen LogP contribution in [0.3, 0.4) is 0 Å². The number of hydrogen-bond acceptors (Lipinski definition) is 15. The Kier molecular flexibility index (Phi) is 20.0. The highest BCUT2D eigenvalue weighted by Crippen LogP contribution is 2.45. The molecule has 0 saturated carbocycles. The number of carbonyl (C=O) groups is 1. The van der Waals surface area contributed by atoms with Gasteiger partial charge in [0.05, 0.1) is 64.9 Å². The molecule has 3 N–H and O–H groups in total. The maximum Gasteiger partial charge on any atom is 0.327 e. The molecule has 2 unspecified atom stereocenters. The number of nitrogens with zero attached hydrogens (tertiary/aromatic N) is 5. The van der Waals surface area contributed by atoms with Crippen molar-refractivity contribution in [2.24, 2.45) is 15.4 Å². The molecule has 0 amide bonds. The van der Waals surface area contributed by atoms with E-state index in [2.05, 4.69) is 33.3 Å². The van der Waals surface area contributed by atoms with Crippen molar-refractivity contribution in [2.45, 2.75) is 109 Å². The highest BCUT2D eigenvalue weighted by Gasteiger charge is 2.44. The van der Waals surface area contributed by atoms with Crippen LogP contribution in [0.5, 0.6) is 0 Å². The predicted molar refractivity (Wildman–Crippen MR) is 302 cm³/mol. The molecule has 1 aromatic heterocycles. The first kappa shape index (κ1) is 60.2. The lowest BCUT2D eigenvalue weighted by Crippen LogP contribution is -2.38. The van der Waals surface area contributed by atoms with Gasteiger partial charge in [0, 0.05) is 65.5 Å². The number of aliphatic imine (C=N–C) groups is 2. The third-order valence-corrected chi connectivity index (χ3v) is 17.5. The number of anilines is 2. The molecule has 412 valence electrons. The molecule has 0 radical (unpaired) electrons. The minimum Gasteiger partial charge on any atom is -0.466 e. The van der Waals surface area contributed by atoms with Crippen molar-refractivity contribution in [3.8, 4) is 23.7 Å². The number of sulfonamides is 1. The third-order valence-electron chi connectivity index (χ3n) is 13.3. The van der Waals surface area contributed by atoms with Crippen LogP contribution in [0.4, 0.5) is 17.2 Å². The normalized spacial score (nSPS) is 16.9. The first-order chi connectivity index (χ1) is 36.2. The van der Waals surface area contributed by atoms with Crippen LogP contribution in [0.25, 0.3) is 0 Å². The Balaban J connectivity index is 1.26. The number of esters is 1. The molecule has 0 aliphatic carbocycles. The van der Waals surface area contributed by atoms with Crippen LogP contribution in [0.2, 0.25) is 0 Å². The number of benzene rings is 2. The number of carbonyl (C=O) groups excluding carboxylic acids is 1. The summed E-state index contributed by atoms with van der Waals surface area (Å²) in [6.45, 7) is 13.8. The molecule has 4 heterocycles. The van der Waals surface area contributed by atoms with Crippen molar-refractivity contribution >= 4 is 77.2 Å². The standard InChI is InChI=1S/C55H66N6O12S4/c1-10-72-51(62)17-12-11-13-32-61(75(9,63)64)46-28-24-42(25-29-46)19-21-44-36-48-53(60(38-44)34-31-40(3)77(68,69)70)57-50(55(48,6)7)16-14-15-49-54(4,5)47-35-43(20-18-41-22-26-45(27-23-41)58-74-73-71-8)37-59(52(47)56-49)33-30-39(2)76(65,66)67/h14-16,22-29,35-40,58H,10-13,17,30-34H2,1-9H3,(H-,65,66,67,68,69,70)/p+1. The van der Waals surface area contributed by atoms with Gasteiger partial charge in [0.1, 0.15) is 24.3 Å². The van der Waals surface area contributed by atoms with E-state index in [0.29, 0.717) is 65.6 Å². The average molecular weight is 1130 g/mol. The molecule has 3 aliphatic heterocycles. The summed E-state index contributed by atoms with van der Waals surface area (Å²) >= 11 is 0.928. The minimum atomic E-state index is -4.31. The van der Waals surface area contributed by atoms with Gasteiger partial charge in [-0.3, -0.25) is 18.2 Å². The van der Waals surface area contributed by atoms with Crippen LogP contribution in [0, 0.1) is 29.1 Å². The van der Waals surface area contributed by atoms with Crippen molar-refractivity contribution in [2.75, 3.05) is 42.1 Å². The smallest absolute Gasteiger partial charge is 0.327 e. The molecule has 2 atom stereocenters. The molecule has 0 spiro atoms. The van der Waals surface area contributed by atoms with Crippen LogP contribution in [-0.2, 0) is 61.0 Å². The second-order valence-electron chi connectivity index (χ2n) is 19.8. The van der Waals surface area contributed by atoms with Crippen LogP contribution in [0.1, 0.15) is 109 Å². The number of allylic oxidation sites excluding steroid dienone is 6. The largest absolute Gasteiger partial charge is 0.466 e. The zero-order chi connectivity index (χ0) is 56.3. The number of pyridine rings is 1. The van der Waals surface area contributed by atoms with Gasteiger partial charge < -0.3 is 14.4 Å². The van der Waals surface area contributed by atoms with Crippen LogP contribution in [-0.4, -0.2) is 100 Å². The number of nitrogens with one attached hydrogen (secondary N) is 1. The van der Waals surface area contributed by atoms with Crippen molar-refractivity contribution < 1.29 is 57.7 Å². The highest BCUT2D eigenvalue weighted by atomic mass is 32.2. The van der Waals surface area contributed by atoms with Crippen LogP contribution < -0.4 is 13.6 Å². The van der Waals surface area contributed by atoms with E-state index in [-0.39, 0.29) is 44.9 Å². The fourth-order valence-corrected chi connectivity index (χ4v) is 10.6. The van der Waals surface area contributed by atoms with Gasteiger partial charge in [0.2, 0.25) is 10.0 Å². The van der Waals surface area contributed by atoms with E-state index in [4.69, 9.17) is 19.1 Å². The third kappa shape index (κ3) is 16.0. The fourth-order valence-electron chi connectivity index (χ4n) is 8.51. The summed E-state index contributed by atoms with van der Waals surface area (Å²) in [7, 11) is -10.8. The number of hydrogen-bond donors (Lipinski definition) is 3. The lowest BCUT2D eigenvalue weighted by molar-refractivity contribution is -0.684. The Bertz CT molecular complexity index is 3360. The van der Waals surface area contributed by atoms with Gasteiger partial charge in [0.25, 0.3) is 20.2 Å². The molecule has 0 saturated heterocycles. The van der Waals surface area contributed by atoms with Gasteiger partial charge in [0.15, 0.2) is 5.71 Å². The predicted octanol–water partition coefficient (Wildman–Crippen LogP) is 8.57. The van der Waals surface area contributed by atoms with E-state index in [9.17, 15) is 39.2 Å². The molecular formula is C55H67N6O12S4+. The summed E-state index contributed by atoms with van der Waals surface area (Å²) in [6.07, 6.45) is 14.8. The van der Waals surface area contributed by atoms with Crippen LogP contribution >= 0.6 is 12.2 Å². The molecule has 77 heavy (non-hydrogen) atoms. The van der Waals surface area contributed by atoms with Crippen molar-refractivity contribution in [1.82, 2.24) is 4.90 Å². The Morgan fingerprint density at radius 3 is 2.14 bits per heavy atom. The zero-order valence-corrected chi connectivity index (χ0v) is 48.0. The first-order valence-corrected chi connectivity index (χ1v) is 30.6. The number of fused-ring (bicyclic) bond motifs is 2. The number of aryl methyl sites for hydroxylation is 1. The monoisotopic (exact) mass is 1130 g/mol. The Hall–Kier alpha value is -6.08. The van der Waals surface area contributed by atoms with Gasteiger partial charge in [-0.1, -0.05) is 50.0 Å². The molecule has 6 rings (SSSR count). The molecule has 0 bridgehead atoms. The topological polar surface area (TPSA) is 235 Å². The summed E-state index contributed by atoms with van der Waals surface area (Å²) in [5.41, 5.74) is 5.83. The van der Waals surface area contributed by atoms with E-state index in [1.807, 2.05) is 98.0 Å². The number of amidine groups is 1. The fraction of sp³-hybridized carbons (Fsp3) is 0.418. The molecule has 3 aliphatic rings. The van der Waals surface area contributed by atoms with Gasteiger partial charge >= 0.3 is 11.8 Å². The summed E-state index contributed by atoms with van der Waals surface area (Å²) in [5, 5.41) is -2.06. The molecular weight excluding hydrogens is 1060 g/mol. The quantitative estimate of drug-likeness (QED) is 0.00928. The first-order valence-electron chi connectivity index (χ1n) is 25.0. The lowest BCUT2D eigenvalue weighted by atomic mass is 9.80. The SMILES string of the molecule is CCOC(=O)CCCCCN(c1ccc(C#CC2=CN(CCC(C)S(=O)(=O)O)C3=NC(=CC=CC4=Nc5c(cc(C#Cc6ccc(NSOOC)cc6)c[n+]5CCC(C)S(=O)(=O)O)C4(C)C)C(C)(C)C3=C2)cc1)S(C)(=O)=O. The maximum absolute atomic E-state index is 12.8. The second kappa shape index (κ2) is 25.6. The van der Waals surface area contributed by atoms with E-state index < -0.39 is 51.6 Å². The number of unbranched alkanes of at least 4 members (excludes halogenated alkanes) is 2. The average Bonchev–Trinajstić information content (AvgIpc) is 3.78. The minimum absolute atomic E-state index is 0.0961. The van der Waals surface area contributed by atoms with Gasteiger partial charge in [-0.15, -0.1) is 4.33 Å². The number of ether oxygens (including phenoxy) is 1. The van der Waals surface area contributed by atoms with Crippen molar-refractivity contribution in [1.29, 1.82) is 0 Å². The van der Waals surface area contributed by atoms with E-state index in [0.717, 1.165) is 46.6 Å². The Morgan fingerprint density at radius 2 is 1.51 bits per heavy atom. The van der Waals surface area contributed by atoms with Crippen molar-refractivity contribution in [3.05, 3.63) is 130 Å². The summed E-state index contributed by atoms with van der Waals surface area (Å²) in [6, 6.07) is 16.3. The van der Waals surface area contributed by atoms with E-state index in [1.54, 1.807) is 37.4 Å². The van der Waals surface area contributed by atoms with Gasteiger partial charge in [-0.2, -0.15) is 16.8 Å². The van der Waals surface area contributed by atoms with Crippen molar-refractivity contribution in [3.63, 3.8) is 0 Å². The maximum atomic E-state index is 12.8. The molecule has 0 fully saturated rings. The molecule has 3 aromatic rings. The molecule has 18 nitrogen and oxygen atoms in total. The zero-order valence-electron chi connectivity index (χ0n) is 44.7. The summed E-state index contributed by atoms with van der Waals surface area (Å²) < 4.78 is 109. The second-order valence-corrected chi connectivity index (χ2v) is 25.9. The number of rotatable bonds is 23. The van der Waals surface area contributed by atoms with Gasteiger partial charge in [-0.25, -0.2) is 22.9 Å². The van der Waals surface area contributed by atoms with Gasteiger partial charge in [-0.05, 0) is 132 Å². The lowest BCUT2D eigenvalue weighted by Gasteiger charge is -2.30. The summed E-state index contributed by atoms with van der Waals surface area (Å²) in [4.78, 5) is 28.3. The molecule has 22 heteroatoms. The van der Waals surface area contributed by atoms with Crippen LogP contribution in [0.15, 0.2) is 118 Å². The Labute approximate surface area is 458 Å². The summed E-state index contributed by atoms with van der Waals surface area (Å²) in [5.74, 6) is 13.9. The highest BCUT2D eigenvalue weighted by molar-refractivity contribution is 7.95. The molecule has 2 aromatic carbocycles. The number of aromatic nitrogens is 1. The van der Waals surface area contributed by atoms with E-state index >= 15 is 0 Å². The Morgan fingerprint density at radius 1 is 0.870 bits per heavy atom.